The molecule has 0 aliphatic carbocycles. The van der Waals surface area contributed by atoms with Gasteiger partial charge in [-0.2, -0.15) is 4.91 Å². The maximum Gasteiger partial charge on any atom is 0.220 e. The molecule has 0 aliphatic rings. The molecule has 0 saturated carbocycles. The quantitative estimate of drug-likeness (QED) is 0.572. The highest BCUT2D eigenvalue weighted by Crippen LogP contribution is 2.20. The monoisotopic (exact) mass is 214 g/mol. The van der Waals surface area contributed by atoms with E-state index in [9.17, 15) is 4.91 Å². The largest absolute Gasteiger partial charge is 0.475 e. The Labute approximate surface area is 87.2 Å². The van der Waals surface area contributed by atoms with Gasteiger partial charge in [0.15, 0.2) is 0 Å². The lowest BCUT2D eigenvalue weighted by Gasteiger charge is -2.11. The number of hydrogen-bond acceptors (Lipinski definition) is 4. The lowest BCUT2D eigenvalue weighted by atomic mass is 10.3. The van der Waals surface area contributed by atoms with Crippen LogP contribution >= 0.6 is 11.6 Å². The molecule has 14 heavy (non-hydrogen) atoms. The highest BCUT2D eigenvalue weighted by Gasteiger charge is 2.08. The number of rotatable bonds is 4. The molecule has 0 aliphatic heterocycles. The number of pyridine rings is 1. The number of nitrogens with zero attached hydrogens (tertiary/aromatic N) is 2. The summed E-state index contributed by atoms with van der Waals surface area (Å²) < 4.78 is 5.38. The Morgan fingerprint density at radius 3 is 2.86 bits per heavy atom. The summed E-state index contributed by atoms with van der Waals surface area (Å²) in [6.45, 7) is 3.80. The molecule has 0 radical (unpaired) electrons. The summed E-state index contributed by atoms with van der Waals surface area (Å²) >= 11 is 5.70. The third-order valence-corrected chi connectivity index (χ3v) is 1.70. The summed E-state index contributed by atoms with van der Waals surface area (Å²) in [6.07, 6.45) is -0.00799. The summed E-state index contributed by atoms with van der Waals surface area (Å²) in [7, 11) is 0. The van der Waals surface area contributed by atoms with Crippen molar-refractivity contribution in [3.05, 3.63) is 27.8 Å². The molecule has 0 aromatic carbocycles. The Kier molecular flexibility index (Phi) is 3.83. The molecule has 4 nitrogen and oxygen atoms in total. The fraction of sp³-hybridized carbons (Fsp3) is 0.444. The zero-order chi connectivity index (χ0) is 10.6. The van der Waals surface area contributed by atoms with Gasteiger partial charge < -0.3 is 4.74 Å². The molecule has 1 aromatic rings. The fourth-order valence-electron chi connectivity index (χ4n) is 0.962. The van der Waals surface area contributed by atoms with Gasteiger partial charge >= 0.3 is 0 Å². The van der Waals surface area contributed by atoms with Gasteiger partial charge in [-0.3, -0.25) is 0 Å². The van der Waals surface area contributed by atoms with E-state index in [1.165, 1.54) is 0 Å². The molecular formula is C9H11ClN2O2. The first-order valence-electron chi connectivity index (χ1n) is 4.24. The standard InChI is InChI=1S/C9H11ClN2O2/c1-6(2)14-9-7(5-11-13)3-4-8(10)12-9/h3-4,6H,5H2,1-2H3. The molecule has 1 rings (SSSR count). The van der Waals surface area contributed by atoms with Crippen molar-refractivity contribution in [1.29, 1.82) is 0 Å². The van der Waals surface area contributed by atoms with Crippen LogP contribution in [-0.4, -0.2) is 11.1 Å². The van der Waals surface area contributed by atoms with Crippen LogP contribution in [0.2, 0.25) is 5.15 Å². The normalized spacial score (nSPS) is 10.3. The first kappa shape index (κ1) is 10.9. The van der Waals surface area contributed by atoms with Crippen LogP contribution in [0.5, 0.6) is 5.88 Å². The van der Waals surface area contributed by atoms with E-state index in [2.05, 4.69) is 10.2 Å². The van der Waals surface area contributed by atoms with Crippen molar-refractivity contribution < 1.29 is 4.74 Å². The maximum atomic E-state index is 10.1. The van der Waals surface area contributed by atoms with Crippen molar-refractivity contribution >= 4 is 11.6 Å². The summed E-state index contributed by atoms with van der Waals surface area (Å²) in [6, 6.07) is 3.30. The van der Waals surface area contributed by atoms with Crippen molar-refractivity contribution in [2.45, 2.75) is 26.5 Å². The Balaban J connectivity index is 2.96. The van der Waals surface area contributed by atoms with Gasteiger partial charge in [-0.15, -0.1) is 0 Å². The molecule has 0 N–H and O–H groups in total. The van der Waals surface area contributed by atoms with Crippen LogP contribution in [0, 0.1) is 4.91 Å². The molecule has 1 aromatic heterocycles. The summed E-state index contributed by atoms with van der Waals surface area (Å²) in [5.74, 6) is 0.382. The average Bonchev–Trinajstić information content (AvgIpc) is 2.09. The van der Waals surface area contributed by atoms with Gasteiger partial charge in [-0.1, -0.05) is 16.8 Å². The van der Waals surface area contributed by atoms with Crippen molar-refractivity contribution in [3.8, 4) is 5.88 Å². The number of halogens is 1. The van der Waals surface area contributed by atoms with Gasteiger partial charge in [0.05, 0.1) is 6.10 Å². The fourth-order valence-corrected chi connectivity index (χ4v) is 1.10. The molecule has 0 amide bonds. The van der Waals surface area contributed by atoms with Gasteiger partial charge in [-0.25, -0.2) is 4.98 Å². The van der Waals surface area contributed by atoms with Crippen molar-refractivity contribution in [2.75, 3.05) is 0 Å². The van der Waals surface area contributed by atoms with E-state index < -0.39 is 0 Å². The predicted molar refractivity (Wildman–Crippen MR) is 54.5 cm³/mol. The van der Waals surface area contributed by atoms with Gasteiger partial charge in [0.25, 0.3) is 0 Å². The van der Waals surface area contributed by atoms with E-state index >= 15 is 0 Å². The second-order valence-electron chi connectivity index (χ2n) is 3.05. The number of nitroso groups, excluding NO2 is 1. The topological polar surface area (TPSA) is 51.6 Å². The zero-order valence-electron chi connectivity index (χ0n) is 8.03. The Hall–Kier alpha value is -1.16. The minimum Gasteiger partial charge on any atom is -0.475 e. The minimum absolute atomic E-state index is 0.00799. The predicted octanol–water partition coefficient (Wildman–Crippen LogP) is 2.79. The van der Waals surface area contributed by atoms with Crippen LogP contribution in [0.3, 0.4) is 0 Å². The maximum absolute atomic E-state index is 10.1. The van der Waals surface area contributed by atoms with Gasteiger partial charge in [0.1, 0.15) is 11.7 Å². The van der Waals surface area contributed by atoms with E-state index in [1.807, 2.05) is 13.8 Å². The van der Waals surface area contributed by atoms with E-state index in [1.54, 1.807) is 12.1 Å². The third kappa shape index (κ3) is 2.96. The van der Waals surface area contributed by atoms with Crippen LogP contribution in [0.4, 0.5) is 0 Å². The highest BCUT2D eigenvalue weighted by molar-refractivity contribution is 6.29. The molecule has 5 heteroatoms. The Bertz CT molecular complexity index is 329. The van der Waals surface area contributed by atoms with E-state index in [0.717, 1.165) is 0 Å². The van der Waals surface area contributed by atoms with Crippen molar-refractivity contribution in [1.82, 2.24) is 4.98 Å². The first-order chi connectivity index (χ1) is 6.63. The van der Waals surface area contributed by atoms with E-state index in [4.69, 9.17) is 16.3 Å². The van der Waals surface area contributed by atoms with Gasteiger partial charge in [0.2, 0.25) is 5.88 Å². The summed E-state index contributed by atoms with van der Waals surface area (Å²) in [5, 5.41) is 3.13. The number of aromatic nitrogens is 1. The number of hydrogen-bond donors (Lipinski definition) is 0. The van der Waals surface area contributed by atoms with Crippen LogP contribution < -0.4 is 4.74 Å². The molecule has 0 fully saturated rings. The second-order valence-corrected chi connectivity index (χ2v) is 3.44. The molecule has 0 atom stereocenters. The van der Waals surface area contributed by atoms with Crippen LogP contribution in [-0.2, 0) is 6.54 Å². The molecule has 1 heterocycles. The molecule has 0 saturated heterocycles. The second kappa shape index (κ2) is 4.91. The number of ether oxygens (including phenoxy) is 1. The molecule has 76 valence electrons. The van der Waals surface area contributed by atoms with Gasteiger partial charge in [-0.05, 0) is 26.0 Å². The Morgan fingerprint density at radius 2 is 2.29 bits per heavy atom. The highest BCUT2D eigenvalue weighted by atomic mass is 35.5. The van der Waals surface area contributed by atoms with Crippen LogP contribution in [0.25, 0.3) is 0 Å². The summed E-state index contributed by atoms with van der Waals surface area (Å²) in [5.41, 5.74) is 0.651. The minimum atomic E-state index is -0.00799. The van der Waals surface area contributed by atoms with Gasteiger partial charge in [0, 0.05) is 5.56 Å². The van der Waals surface area contributed by atoms with Crippen LogP contribution in [0.1, 0.15) is 19.4 Å². The zero-order valence-corrected chi connectivity index (χ0v) is 8.78. The smallest absolute Gasteiger partial charge is 0.220 e. The third-order valence-electron chi connectivity index (χ3n) is 1.49. The molecule has 0 spiro atoms. The molecule has 0 bridgehead atoms. The Morgan fingerprint density at radius 1 is 1.57 bits per heavy atom. The molecule has 0 unspecified atom stereocenters. The molecular weight excluding hydrogens is 204 g/mol. The first-order valence-corrected chi connectivity index (χ1v) is 4.62. The lowest BCUT2D eigenvalue weighted by molar-refractivity contribution is 0.230. The summed E-state index contributed by atoms with van der Waals surface area (Å²) in [4.78, 5) is 14.1. The van der Waals surface area contributed by atoms with Crippen molar-refractivity contribution in [3.63, 3.8) is 0 Å². The average molecular weight is 215 g/mol. The van der Waals surface area contributed by atoms with E-state index in [-0.39, 0.29) is 12.6 Å². The van der Waals surface area contributed by atoms with E-state index in [0.29, 0.717) is 16.6 Å². The van der Waals surface area contributed by atoms with Crippen molar-refractivity contribution in [2.24, 2.45) is 5.18 Å². The lowest BCUT2D eigenvalue weighted by Crippen LogP contribution is -2.08. The van der Waals surface area contributed by atoms with Crippen LogP contribution in [0.15, 0.2) is 17.3 Å². The SMILES string of the molecule is CC(C)Oc1nc(Cl)ccc1CN=O.